The molecule has 0 aliphatic carbocycles. The number of hydrogen-bond donors (Lipinski definition) is 1. The predicted octanol–water partition coefficient (Wildman–Crippen LogP) is 2.42. The molecule has 1 aromatic rings. The number of carboxylic acids is 1. The first kappa shape index (κ1) is 13.4. The van der Waals surface area contributed by atoms with E-state index in [4.69, 9.17) is 10.4 Å². The fourth-order valence-corrected chi connectivity index (χ4v) is 1.66. The molecule has 0 fully saturated rings. The largest absolute Gasteiger partial charge is 0.478 e. The molecule has 0 radical (unpaired) electrons. The molecule has 0 aliphatic rings. The van der Waals surface area contributed by atoms with Gasteiger partial charge < -0.3 is 5.11 Å². The molecule has 0 aliphatic heterocycles. The third-order valence-corrected chi connectivity index (χ3v) is 2.66. The number of carboxylic acid groups (broad SMARTS) is 1. The van der Waals surface area contributed by atoms with Crippen LogP contribution in [0.25, 0.3) is 0 Å². The number of nitriles is 1. The Labute approximate surface area is 107 Å². The molecule has 0 saturated carbocycles. The molecular weight excluding hydrogens is 286 g/mol. The minimum Gasteiger partial charge on any atom is -0.478 e. The van der Waals surface area contributed by atoms with Gasteiger partial charge in [-0.1, -0.05) is 22.0 Å². The Bertz CT molecular complexity index is 503. The molecule has 1 unspecified atom stereocenters. The van der Waals surface area contributed by atoms with E-state index in [9.17, 15) is 9.59 Å². The third-order valence-electron chi connectivity index (χ3n) is 2.25. The van der Waals surface area contributed by atoms with Crippen LogP contribution in [0.4, 0.5) is 0 Å². The molecule has 0 aromatic heterocycles. The molecule has 1 aromatic carbocycles. The summed E-state index contributed by atoms with van der Waals surface area (Å²) in [5.74, 6) is -1.23. The van der Waals surface area contributed by atoms with Crippen LogP contribution >= 0.6 is 15.9 Å². The zero-order valence-corrected chi connectivity index (χ0v) is 10.7. The smallest absolute Gasteiger partial charge is 0.335 e. The summed E-state index contributed by atoms with van der Waals surface area (Å²) >= 11 is 3.16. The van der Waals surface area contributed by atoms with Gasteiger partial charge in [0.25, 0.3) is 0 Å². The summed E-state index contributed by atoms with van der Waals surface area (Å²) in [7, 11) is 0. The van der Waals surface area contributed by atoms with Crippen LogP contribution in [0.3, 0.4) is 0 Å². The van der Waals surface area contributed by atoms with Gasteiger partial charge in [0.1, 0.15) is 0 Å². The van der Waals surface area contributed by atoms with Crippen molar-refractivity contribution in [3.8, 4) is 6.07 Å². The number of benzene rings is 1. The van der Waals surface area contributed by atoms with Gasteiger partial charge in [0.05, 0.1) is 22.9 Å². The number of carbonyl (C=O) groups is 2. The van der Waals surface area contributed by atoms with Crippen LogP contribution in [0.1, 0.15) is 33.2 Å². The van der Waals surface area contributed by atoms with E-state index in [0.29, 0.717) is 11.1 Å². The summed E-state index contributed by atoms with van der Waals surface area (Å²) in [6, 6.07) is 6.11. The first-order valence-corrected chi connectivity index (χ1v) is 5.80. The van der Waals surface area contributed by atoms with Crippen molar-refractivity contribution in [3.05, 3.63) is 34.9 Å². The van der Waals surface area contributed by atoms with Gasteiger partial charge >= 0.3 is 5.97 Å². The summed E-state index contributed by atoms with van der Waals surface area (Å²) in [5.41, 5.74) is 0.915. The van der Waals surface area contributed by atoms with E-state index >= 15 is 0 Å². The Balaban J connectivity index is 3.27. The van der Waals surface area contributed by atoms with Gasteiger partial charge in [-0.25, -0.2) is 4.79 Å². The molecule has 1 atom stereocenters. The maximum absolute atomic E-state index is 11.8. The molecule has 17 heavy (non-hydrogen) atoms. The van der Waals surface area contributed by atoms with E-state index in [1.54, 1.807) is 6.92 Å². The molecule has 0 bridgehead atoms. The van der Waals surface area contributed by atoms with Gasteiger partial charge in [-0.15, -0.1) is 0 Å². The lowest BCUT2D eigenvalue weighted by Crippen LogP contribution is -2.13. The Morgan fingerprint density at radius 3 is 2.65 bits per heavy atom. The van der Waals surface area contributed by atoms with Gasteiger partial charge in [0, 0.05) is 5.56 Å². The average molecular weight is 296 g/mol. The second kappa shape index (κ2) is 5.60. The molecule has 0 heterocycles. The lowest BCUT2D eigenvalue weighted by atomic mass is 9.97. The first-order chi connectivity index (χ1) is 7.97. The molecule has 0 saturated heterocycles. The van der Waals surface area contributed by atoms with E-state index in [1.165, 1.54) is 18.2 Å². The summed E-state index contributed by atoms with van der Waals surface area (Å²) < 4.78 is 0. The molecule has 88 valence electrons. The predicted molar refractivity (Wildman–Crippen MR) is 65.4 cm³/mol. The van der Waals surface area contributed by atoms with Crippen LogP contribution in [0.2, 0.25) is 0 Å². The number of alkyl halides is 1. The van der Waals surface area contributed by atoms with Crippen molar-refractivity contribution in [1.82, 2.24) is 0 Å². The highest BCUT2D eigenvalue weighted by molar-refractivity contribution is 9.10. The lowest BCUT2D eigenvalue weighted by Gasteiger charge is -2.08. The highest BCUT2D eigenvalue weighted by Crippen LogP contribution is 2.17. The molecule has 5 heteroatoms. The summed E-state index contributed by atoms with van der Waals surface area (Å²) in [6.07, 6.45) is 0.0158. The SMILES string of the molecule is CC(Br)C(=O)c1ccc(C(=O)O)cc1CC#N. The van der Waals surface area contributed by atoms with Gasteiger partial charge in [0.15, 0.2) is 5.78 Å². The van der Waals surface area contributed by atoms with Crippen LogP contribution < -0.4 is 0 Å². The molecule has 1 N–H and O–H groups in total. The molecule has 0 spiro atoms. The van der Waals surface area contributed by atoms with Crippen molar-refractivity contribution < 1.29 is 14.7 Å². The Kier molecular flexibility index (Phi) is 4.41. The zero-order chi connectivity index (χ0) is 13.0. The average Bonchev–Trinajstić information content (AvgIpc) is 2.28. The van der Waals surface area contributed by atoms with Crippen LogP contribution in [0.15, 0.2) is 18.2 Å². The van der Waals surface area contributed by atoms with Gasteiger partial charge in [0.2, 0.25) is 0 Å². The highest BCUT2D eigenvalue weighted by Gasteiger charge is 2.17. The fourth-order valence-electron chi connectivity index (χ4n) is 1.41. The number of aromatic carboxylic acids is 1. The van der Waals surface area contributed by atoms with E-state index in [2.05, 4.69) is 15.9 Å². The molecule has 0 amide bonds. The number of rotatable bonds is 4. The van der Waals surface area contributed by atoms with Crippen molar-refractivity contribution in [2.75, 3.05) is 0 Å². The Morgan fingerprint density at radius 2 is 2.18 bits per heavy atom. The van der Waals surface area contributed by atoms with Gasteiger partial charge in [-0.3, -0.25) is 4.79 Å². The van der Waals surface area contributed by atoms with E-state index < -0.39 is 5.97 Å². The Hall–Kier alpha value is -1.67. The van der Waals surface area contributed by atoms with Crippen LogP contribution in [0.5, 0.6) is 0 Å². The topological polar surface area (TPSA) is 78.2 Å². The summed E-state index contributed by atoms with van der Waals surface area (Å²) in [5, 5.41) is 17.5. The second-order valence-corrected chi connectivity index (χ2v) is 4.87. The maximum atomic E-state index is 11.8. The zero-order valence-electron chi connectivity index (χ0n) is 9.11. The minimum absolute atomic E-state index is 0.0158. The third kappa shape index (κ3) is 3.14. The number of hydrogen-bond acceptors (Lipinski definition) is 3. The van der Waals surface area contributed by atoms with Gasteiger partial charge in [-0.05, 0) is 24.6 Å². The van der Waals surface area contributed by atoms with E-state index in [1.807, 2.05) is 6.07 Å². The highest BCUT2D eigenvalue weighted by atomic mass is 79.9. The lowest BCUT2D eigenvalue weighted by molar-refractivity contribution is 0.0696. The second-order valence-electron chi connectivity index (χ2n) is 3.49. The van der Waals surface area contributed by atoms with E-state index in [-0.39, 0.29) is 22.6 Å². The standard InChI is InChI=1S/C12H10BrNO3/c1-7(13)11(15)10-3-2-9(12(16)17)6-8(10)4-5-14/h2-3,6-7H,4H2,1H3,(H,16,17). The van der Waals surface area contributed by atoms with Gasteiger partial charge in [-0.2, -0.15) is 5.26 Å². The fraction of sp³-hybridized carbons (Fsp3) is 0.250. The van der Waals surface area contributed by atoms with E-state index in [0.717, 1.165) is 0 Å². The number of nitrogens with zero attached hydrogens (tertiary/aromatic N) is 1. The first-order valence-electron chi connectivity index (χ1n) is 4.88. The maximum Gasteiger partial charge on any atom is 0.335 e. The van der Waals surface area contributed by atoms with Crippen molar-refractivity contribution in [2.45, 2.75) is 18.2 Å². The van der Waals surface area contributed by atoms with Crippen molar-refractivity contribution in [3.63, 3.8) is 0 Å². The molecule has 4 nitrogen and oxygen atoms in total. The quantitative estimate of drug-likeness (QED) is 0.683. The monoisotopic (exact) mass is 295 g/mol. The normalized spacial score (nSPS) is 11.6. The van der Waals surface area contributed by atoms with Crippen molar-refractivity contribution in [2.24, 2.45) is 0 Å². The molecule has 1 rings (SSSR count). The minimum atomic E-state index is -1.07. The molecular formula is C12H10BrNO3. The van der Waals surface area contributed by atoms with Crippen molar-refractivity contribution >= 4 is 27.7 Å². The van der Waals surface area contributed by atoms with Crippen LogP contribution in [0, 0.1) is 11.3 Å². The summed E-state index contributed by atoms with van der Waals surface area (Å²) in [4.78, 5) is 22.2. The number of halogens is 1. The summed E-state index contributed by atoms with van der Waals surface area (Å²) in [6.45, 7) is 1.68. The number of carbonyl (C=O) groups excluding carboxylic acids is 1. The number of ketones is 1. The Morgan fingerprint density at radius 1 is 1.53 bits per heavy atom. The number of Topliss-reactive ketones (excluding diaryl/α,β-unsaturated/α-hetero) is 1. The van der Waals surface area contributed by atoms with Crippen LogP contribution in [-0.4, -0.2) is 21.7 Å². The van der Waals surface area contributed by atoms with Crippen LogP contribution in [-0.2, 0) is 6.42 Å². The van der Waals surface area contributed by atoms with Crippen molar-refractivity contribution in [1.29, 1.82) is 5.26 Å².